The Labute approximate surface area is 127 Å². The van der Waals surface area contributed by atoms with Gasteiger partial charge in [0.25, 0.3) is 5.91 Å². The highest BCUT2D eigenvalue weighted by atomic mass is 35.5. The summed E-state index contributed by atoms with van der Waals surface area (Å²) < 4.78 is 0. The summed E-state index contributed by atoms with van der Waals surface area (Å²) in [6, 6.07) is 7.74. The number of piperazine rings is 1. The van der Waals surface area contributed by atoms with Gasteiger partial charge in [-0.25, -0.2) is 0 Å². The summed E-state index contributed by atoms with van der Waals surface area (Å²) in [4.78, 5) is 16.3. The van der Waals surface area contributed by atoms with Gasteiger partial charge in [-0.2, -0.15) is 5.10 Å². The number of anilines is 2. The molecule has 110 valence electrons. The maximum absolute atomic E-state index is 12.3. The molecule has 3 rings (SSSR count). The van der Waals surface area contributed by atoms with Crippen molar-refractivity contribution in [2.45, 2.75) is 0 Å². The number of nitrogen functional groups attached to an aromatic ring is 1. The molecule has 1 saturated heterocycles. The Kier molecular flexibility index (Phi) is 3.70. The second-order valence-electron chi connectivity index (χ2n) is 4.96. The summed E-state index contributed by atoms with van der Waals surface area (Å²) in [5.41, 5.74) is 7.55. The number of hydrogen-bond acceptors (Lipinski definition) is 4. The van der Waals surface area contributed by atoms with Gasteiger partial charge in [0.15, 0.2) is 0 Å². The van der Waals surface area contributed by atoms with E-state index in [0.29, 0.717) is 24.5 Å². The molecule has 0 atom stereocenters. The number of aromatic nitrogens is 2. The molecule has 6 nitrogen and oxygen atoms in total. The van der Waals surface area contributed by atoms with E-state index in [-0.39, 0.29) is 5.91 Å². The van der Waals surface area contributed by atoms with E-state index in [1.807, 2.05) is 24.3 Å². The van der Waals surface area contributed by atoms with E-state index in [2.05, 4.69) is 15.1 Å². The smallest absolute Gasteiger partial charge is 0.274 e. The van der Waals surface area contributed by atoms with Crippen LogP contribution in [0.2, 0.25) is 5.02 Å². The number of rotatable bonds is 2. The summed E-state index contributed by atoms with van der Waals surface area (Å²) in [5, 5.41) is 7.16. The third-order valence-corrected chi connectivity index (χ3v) is 3.86. The molecule has 0 aliphatic carbocycles. The first kappa shape index (κ1) is 13.8. The number of nitrogens with two attached hydrogens (primary N) is 1. The molecule has 3 N–H and O–H groups in total. The molecule has 1 fully saturated rings. The molecule has 7 heteroatoms. The third kappa shape index (κ3) is 2.80. The average Bonchev–Trinajstić information content (AvgIpc) is 2.93. The Morgan fingerprint density at radius 3 is 2.67 bits per heavy atom. The number of amides is 1. The summed E-state index contributed by atoms with van der Waals surface area (Å²) in [7, 11) is 0. The standard InChI is InChI=1S/C14H16ClN5O/c15-10-2-1-3-11(8-10)19-4-6-20(7-5-19)14(21)13-12(16)9-17-18-13/h1-3,8-9H,4-7,16H2,(H,17,18). The van der Waals surface area contributed by atoms with E-state index in [4.69, 9.17) is 17.3 Å². The van der Waals surface area contributed by atoms with Crippen LogP contribution >= 0.6 is 11.6 Å². The van der Waals surface area contributed by atoms with Crippen LogP contribution in [0.4, 0.5) is 11.4 Å². The first-order valence-corrected chi connectivity index (χ1v) is 7.11. The van der Waals surface area contributed by atoms with Crippen molar-refractivity contribution < 1.29 is 4.79 Å². The SMILES string of the molecule is Nc1cn[nH]c1C(=O)N1CCN(c2cccc(Cl)c2)CC1. The minimum atomic E-state index is -0.101. The minimum Gasteiger partial charge on any atom is -0.396 e. The van der Waals surface area contributed by atoms with Crippen molar-refractivity contribution in [2.24, 2.45) is 0 Å². The van der Waals surface area contributed by atoms with Crippen molar-refractivity contribution in [1.82, 2.24) is 15.1 Å². The second kappa shape index (κ2) is 5.65. The van der Waals surface area contributed by atoms with Gasteiger partial charge in [0.2, 0.25) is 0 Å². The Balaban J connectivity index is 1.65. The molecular weight excluding hydrogens is 290 g/mol. The molecule has 1 aliphatic heterocycles. The molecule has 2 heterocycles. The van der Waals surface area contributed by atoms with E-state index in [0.717, 1.165) is 23.8 Å². The Hall–Kier alpha value is -2.21. The van der Waals surface area contributed by atoms with Gasteiger partial charge in [0.1, 0.15) is 5.69 Å². The molecule has 2 aromatic rings. The first-order chi connectivity index (χ1) is 10.1. The van der Waals surface area contributed by atoms with Gasteiger partial charge in [-0.1, -0.05) is 17.7 Å². The predicted octanol–water partition coefficient (Wildman–Crippen LogP) is 1.61. The minimum absolute atomic E-state index is 0.101. The molecule has 21 heavy (non-hydrogen) atoms. The normalized spacial score (nSPS) is 15.3. The van der Waals surface area contributed by atoms with Crippen molar-refractivity contribution in [2.75, 3.05) is 36.8 Å². The van der Waals surface area contributed by atoms with E-state index in [1.54, 1.807) is 4.90 Å². The fraction of sp³-hybridized carbons (Fsp3) is 0.286. The van der Waals surface area contributed by atoms with Crippen LogP contribution in [-0.4, -0.2) is 47.2 Å². The van der Waals surface area contributed by atoms with Crippen molar-refractivity contribution in [3.05, 3.63) is 41.2 Å². The van der Waals surface area contributed by atoms with Gasteiger partial charge in [-0.3, -0.25) is 9.89 Å². The quantitative estimate of drug-likeness (QED) is 0.883. The van der Waals surface area contributed by atoms with Crippen molar-refractivity contribution in [3.63, 3.8) is 0 Å². The zero-order valence-electron chi connectivity index (χ0n) is 11.4. The largest absolute Gasteiger partial charge is 0.396 e. The van der Waals surface area contributed by atoms with Crippen molar-refractivity contribution in [1.29, 1.82) is 0 Å². The van der Waals surface area contributed by atoms with Crippen LogP contribution in [0.5, 0.6) is 0 Å². The third-order valence-electron chi connectivity index (χ3n) is 3.62. The Morgan fingerprint density at radius 2 is 2.05 bits per heavy atom. The average molecular weight is 306 g/mol. The summed E-state index contributed by atoms with van der Waals surface area (Å²) in [5.74, 6) is -0.101. The second-order valence-corrected chi connectivity index (χ2v) is 5.40. The van der Waals surface area contributed by atoms with Crippen LogP contribution in [0.1, 0.15) is 10.5 Å². The molecule has 0 spiro atoms. The van der Waals surface area contributed by atoms with E-state index < -0.39 is 0 Å². The fourth-order valence-corrected chi connectivity index (χ4v) is 2.65. The molecule has 0 bridgehead atoms. The van der Waals surface area contributed by atoms with Gasteiger partial charge >= 0.3 is 0 Å². The van der Waals surface area contributed by atoms with Crippen LogP contribution in [0, 0.1) is 0 Å². The van der Waals surface area contributed by atoms with Crippen LogP contribution in [0.25, 0.3) is 0 Å². The van der Waals surface area contributed by atoms with Crippen molar-refractivity contribution in [3.8, 4) is 0 Å². The zero-order valence-corrected chi connectivity index (χ0v) is 12.2. The number of carbonyl (C=O) groups is 1. The number of aromatic amines is 1. The summed E-state index contributed by atoms with van der Waals surface area (Å²) >= 11 is 6.01. The van der Waals surface area contributed by atoms with Crippen LogP contribution < -0.4 is 10.6 Å². The number of H-pyrrole nitrogens is 1. The lowest BCUT2D eigenvalue weighted by Gasteiger charge is -2.36. The van der Waals surface area contributed by atoms with Gasteiger partial charge in [0.05, 0.1) is 11.9 Å². The predicted molar refractivity (Wildman–Crippen MR) is 82.6 cm³/mol. The Morgan fingerprint density at radius 1 is 1.29 bits per heavy atom. The van der Waals surface area contributed by atoms with Crippen LogP contribution in [0.3, 0.4) is 0 Å². The van der Waals surface area contributed by atoms with E-state index in [9.17, 15) is 4.79 Å². The lowest BCUT2D eigenvalue weighted by molar-refractivity contribution is 0.0742. The number of benzene rings is 1. The lowest BCUT2D eigenvalue weighted by atomic mass is 10.2. The molecule has 1 aliphatic rings. The zero-order chi connectivity index (χ0) is 14.8. The topological polar surface area (TPSA) is 78.2 Å². The highest BCUT2D eigenvalue weighted by Gasteiger charge is 2.24. The number of hydrogen-bond donors (Lipinski definition) is 2. The van der Waals surface area contributed by atoms with Crippen LogP contribution in [-0.2, 0) is 0 Å². The molecule has 1 aromatic carbocycles. The molecule has 0 unspecified atom stereocenters. The Bertz CT molecular complexity index is 648. The van der Waals surface area contributed by atoms with Gasteiger partial charge in [-0.15, -0.1) is 0 Å². The fourth-order valence-electron chi connectivity index (χ4n) is 2.47. The molecular formula is C14H16ClN5O. The van der Waals surface area contributed by atoms with E-state index >= 15 is 0 Å². The summed E-state index contributed by atoms with van der Waals surface area (Å²) in [6.07, 6.45) is 1.45. The number of nitrogens with zero attached hydrogens (tertiary/aromatic N) is 3. The molecule has 1 aromatic heterocycles. The van der Waals surface area contributed by atoms with E-state index in [1.165, 1.54) is 6.20 Å². The number of nitrogens with one attached hydrogen (secondary N) is 1. The highest BCUT2D eigenvalue weighted by Crippen LogP contribution is 2.21. The maximum Gasteiger partial charge on any atom is 0.274 e. The van der Waals surface area contributed by atoms with Gasteiger partial charge in [-0.05, 0) is 18.2 Å². The van der Waals surface area contributed by atoms with Crippen LogP contribution in [0.15, 0.2) is 30.5 Å². The lowest BCUT2D eigenvalue weighted by Crippen LogP contribution is -2.49. The monoisotopic (exact) mass is 305 g/mol. The number of halogens is 1. The molecule has 0 radical (unpaired) electrons. The first-order valence-electron chi connectivity index (χ1n) is 6.74. The summed E-state index contributed by atoms with van der Waals surface area (Å²) in [6.45, 7) is 2.81. The van der Waals surface area contributed by atoms with Gasteiger partial charge < -0.3 is 15.5 Å². The van der Waals surface area contributed by atoms with Gasteiger partial charge in [0, 0.05) is 36.9 Å². The maximum atomic E-state index is 12.3. The molecule has 0 saturated carbocycles. The number of carbonyl (C=O) groups excluding carboxylic acids is 1. The van der Waals surface area contributed by atoms with Crippen molar-refractivity contribution >= 4 is 28.9 Å². The molecule has 1 amide bonds. The highest BCUT2D eigenvalue weighted by molar-refractivity contribution is 6.30.